The Hall–Kier alpha value is -1.64. The van der Waals surface area contributed by atoms with Crippen LogP contribution in [0.3, 0.4) is 0 Å². The van der Waals surface area contributed by atoms with Crippen LogP contribution in [-0.2, 0) is 0 Å². The van der Waals surface area contributed by atoms with Crippen molar-refractivity contribution < 1.29 is 9.47 Å². The number of hydrogen-bond donors (Lipinski definition) is 0. The van der Waals surface area contributed by atoms with Crippen LogP contribution in [0.1, 0.15) is 12.8 Å². The zero-order valence-electron chi connectivity index (χ0n) is 9.77. The first kappa shape index (κ1) is 10.9. The van der Waals surface area contributed by atoms with E-state index in [0.717, 1.165) is 23.7 Å². The van der Waals surface area contributed by atoms with Crippen molar-refractivity contribution in [2.45, 2.75) is 12.8 Å². The van der Waals surface area contributed by atoms with Gasteiger partial charge in [-0.25, -0.2) is 0 Å². The van der Waals surface area contributed by atoms with Crippen LogP contribution >= 0.6 is 0 Å². The number of methoxy groups -OCH3 is 2. The highest BCUT2D eigenvalue weighted by molar-refractivity contribution is 5.58. The summed E-state index contributed by atoms with van der Waals surface area (Å²) in [7, 11) is 3.31. The molecule has 2 rings (SSSR count). The molecule has 16 heavy (non-hydrogen) atoms. The molecule has 0 aromatic heterocycles. The molecular formula is C13H17NO2. The maximum absolute atomic E-state index is 5.29. The molecule has 0 aliphatic carbocycles. The fraction of sp³-hybridized carbons (Fsp3) is 0.385. The Morgan fingerprint density at radius 3 is 2.56 bits per heavy atom. The lowest BCUT2D eigenvalue weighted by Gasteiger charge is -2.24. The smallest absolute Gasteiger partial charge is 0.162 e. The largest absolute Gasteiger partial charge is 0.493 e. The highest BCUT2D eigenvalue weighted by Crippen LogP contribution is 2.32. The summed E-state index contributed by atoms with van der Waals surface area (Å²) in [5, 5.41) is 0. The average molecular weight is 219 g/mol. The SMILES string of the molecule is COc1ccc(N2C=CCCC2)cc1OC. The molecule has 3 heteroatoms. The first-order valence-corrected chi connectivity index (χ1v) is 5.50. The summed E-state index contributed by atoms with van der Waals surface area (Å²) >= 11 is 0. The molecular weight excluding hydrogens is 202 g/mol. The van der Waals surface area contributed by atoms with Gasteiger partial charge in [0, 0.05) is 24.5 Å². The van der Waals surface area contributed by atoms with Crippen LogP contribution in [0.25, 0.3) is 0 Å². The van der Waals surface area contributed by atoms with Gasteiger partial charge in [0.25, 0.3) is 0 Å². The van der Waals surface area contributed by atoms with Gasteiger partial charge >= 0.3 is 0 Å². The van der Waals surface area contributed by atoms with Crippen LogP contribution < -0.4 is 14.4 Å². The minimum absolute atomic E-state index is 0.771. The number of rotatable bonds is 3. The van der Waals surface area contributed by atoms with Crippen molar-refractivity contribution in [1.29, 1.82) is 0 Å². The molecule has 3 nitrogen and oxygen atoms in total. The summed E-state index contributed by atoms with van der Waals surface area (Å²) in [5.41, 5.74) is 1.15. The lowest BCUT2D eigenvalue weighted by molar-refractivity contribution is 0.355. The number of nitrogens with zero attached hydrogens (tertiary/aromatic N) is 1. The molecule has 1 aliphatic heterocycles. The monoisotopic (exact) mass is 219 g/mol. The molecule has 0 atom stereocenters. The maximum atomic E-state index is 5.29. The Morgan fingerprint density at radius 1 is 1.12 bits per heavy atom. The molecule has 1 aliphatic rings. The van der Waals surface area contributed by atoms with E-state index in [1.807, 2.05) is 12.1 Å². The van der Waals surface area contributed by atoms with Crippen LogP contribution in [0.4, 0.5) is 5.69 Å². The minimum Gasteiger partial charge on any atom is -0.493 e. The van der Waals surface area contributed by atoms with Crippen molar-refractivity contribution in [3.63, 3.8) is 0 Å². The molecule has 0 saturated carbocycles. The van der Waals surface area contributed by atoms with Crippen LogP contribution in [0.5, 0.6) is 11.5 Å². The van der Waals surface area contributed by atoms with E-state index in [2.05, 4.69) is 23.2 Å². The lowest BCUT2D eigenvalue weighted by atomic mass is 10.2. The zero-order chi connectivity index (χ0) is 11.4. The molecule has 0 bridgehead atoms. The van der Waals surface area contributed by atoms with Crippen molar-refractivity contribution >= 4 is 5.69 Å². The van der Waals surface area contributed by atoms with Gasteiger partial charge in [0.15, 0.2) is 11.5 Å². The standard InChI is InChI=1S/C13H17NO2/c1-15-12-7-6-11(10-13(12)16-2)14-8-4-3-5-9-14/h4,6-8,10H,3,5,9H2,1-2H3. The number of ether oxygens (including phenoxy) is 2. The Balaban J connectivity index is 2.28. The van der Waals surface area contributed by atoms with Gasteiger partial charge in [-0.15, -0.1) is 0 Å². The van der Waals surface area contributed by atoms with Crippen LogP contribution in [0.2, 0.25) is 0 Å². The van der Waals surface area contributed by atoms with Crippen molar-refractivity contribution in [3.05, 3.63) is 30.5 Å². The van der Waals surface area contributed by atoms with E-state index in [9.17, 15) is 0 Å². The van der Waals surface area contributed by atoms with E-state index in [-0.39, 0.29) is 0 Å². The molecule has 1 heterocycles. The quantitative estimate of drug-likeness (QED) is 0.780. The van der Waals surface area contributed by atoms with Crippen molar-refractivity contribution in [2.24, 2.45) is 0 Å². The first-order chi connectivity index (χ1) is 7.85. The topological polar surface area (TPSA) is 21.7 Å². The third-order valence-corrected chi connectivity index (χ3v) is 2.75. The second-order valence-corrected chi connectivity index (χ2v) is 3.76. The molecule has 0 unspecified atom stereocenters. The zero-order valence-corrected chi connectivity index (χ0v) is 9.77. The van der Waals surface area contributed by atoms with Crippen molar-refractivity contribution in [2.75, 3.05) is 25.7 Å². The summed E-state index contributed by atoms with van der Waals surface area (Å²) in [4.78, 5) is 2.23. The van der Waals surface area contributed by atoms with Crippen LogP contribution in [0, 0.1) is 0 Å². The van der Waals surface area contributed by atoms with E-state index in [0.29, 0.717) is 0 Å². The Morgan fingerprint density at radius 2 is 1.94 bits per heavy atom. The minimum atomic E-state index is 0.771. The number of allylic oxidation sites excluding steroid dienone is 1. The normalized spacial score (nSPS) is 15.0. The Bertz CT molecular complexity index is 388. The van der Waals surface area contributed by atoms with Gasteiger partial charge in [0.1, 0.15) is 0 Å². The van der Waals surface area contributed by atoms with Crippen molar-refractivity contribution in [3.8, 4) is 11.5 Å². The number of benzene rings is 1. The fourth-order valence-corrected chi connectivity index (χ4v) is 1.87. The number of hydrogen-bond acceptors (Lipinski definition) is 3. The third-order valence-electron chi connectivity index (χ3n) is 2.75. The van der Waals surface area contributed by atoms with Gasteiger partial charge < -0.3 is 14.4 Å². The fourth-order valence-electron chi connectivity index (χ4n) is 1.87. The summed E-state index contributed by atoms with van der Waals surface area (Å²) in [6, 6.07) is 6.00. The predicted molar refractivity (Wildman–Crippen MR) is 65.3 cm³/mol. The van der Waals surface area contributed by atoms with E-state index in [1.165, 1.54) is 12.8 Å². The van der Waals surface area contributed by atoms with E-state index in [1.54, 1.807) is 14.2 Å². The first-order valence-electron chi connectivity index (χ1n) is 5.50. The van der Waals surface area contributed by atoms with Crippen LogP contribution in [-0.4, -0.2) is 20.8 Å². The molecule has 0 radical (unpaired) electrons. The van der Waals surface area contributed by atoms with Gasteiger partial charge in [0.2, 0.25) is 0 Å². The Labute approximate surface area is 96.3 Å². The van der Waals surface area contributed by atoms with E-state index < -0.39 is 0 Å². The molecule has 0 spiro atoms. The highest BCUT2D eigenvalue weighted by Gasteiger charge is 2.10. The molecule has 0 saturated heterocycles. The maximum Gasteiger partial charge on any atom is 0.162 e. The third kappa shape index (κ3) is 2.13. The molecule has 86 valence electrons. The molecule has 0 fully saturated rings. The summed E-state index contributed by atoms with van der Waals surface area (Å²) in [6.45, 7) is 1.06. The lowest BCUT2D eigenvalue weighted by Crippen LogP contribution is -2.19. The van der Waals surface area contributed by atoms with Gasteiger partial charge in [-0.05, 0) is 25.0 Å². The number of anilines is 1. The highest BCUT2D eigenvalue weighted by atomic mass is 16.5. The van der Waals surface area contributed by atoms with Gasteiger partial charge in [-0.3, -0.25) is 0 Å². The van der Waals surface area contributed by atoms with E-state index >= 15 is 0 Å². The van der Waals surface area contributed by atoms with Gasteiger partial charge in [-0.2, -0.15) is 0 Å². The predicted octanol–water partition coefficient (Wildman–Crippen LogP) is 2.82. The molecule has 1 aromatic rings. The molecule has 0 amide bonds. The molecule has 1 aromatic carbocycles. The summed E-state index contributed by atoms with van der Waals surface area (Å²) in [5.74, 6) is 1.55. The average Bonchev–Trinajstić information content (AvgIpc) is 2.39. The second kappa shape index (κ2) is 4.92. The molecule has 0 N–H and O–H groups in total. The van der Waals surface area contributed by atoms with Crippen molar-refractivity contribution in [1.82, 2.24) is 0 Å². The van der Waals surface area contributed by atoms with E-state index in [4.69, 9.17) is 9.47 Å². The second-order valence-electron chi connectivity index (χ2n) is 3.76. The Kier molecular flexibility index (Phi) is 3.34. The van der Waals surface area contributed by atoms with Crippen LogP contribution in [0.15, 0.2) is 30.5 Å². The summed E-state index contributed by atoms with van der Waals surface area (Å²) < 4.78 is 10.5. The van der Waals surface area contributed by atoms with Gasteiger partial charge in [0.05, 0.1) is 14.2 Å². The van der Waals surface area contributed by atoms with Gasteiger partial charge in [-0.1, -0.05) is 6.08 Å². The summed E-state index contributed by atoms with van der Waals surface area (Å²) in [6.07, 6.45) is 6.69.